The molecule has 0 saturated carbocycles. The van der Waals surface area contributed by atoms with Crippen molar-refractivity contribution < 1.29 is 14.3 Å². The van der Waals surface area contributed by atoms with Gasteiger partial charge in [0.15, 0.2) is 11.5 Å². The first-order valence-electron chi connectivity index (χ1n) is 6.73. The minimum absolute atomic E-state index is 0.0128. The third kappa shape index (κ3) is 4.49. The molecule has 1 aromatic carbocycles. The Hall–Kier alpha value is -2.01. The largest absolute Gasteiger partial charge is 0.493 e. The van der Waals surface area contributed by atoms with Crippen LogP contribution in [0.3, 0.4) is 0 Å². The van der Waals surface area contributed by atoms with Crippen molar-refractivity contribution >= 4 is 17.2 Å². The van der Waals surface area contributed by atoms with Crippen molar-refractivity contribution in [3.05, 3.63) is 46.2 Å². The Kier molecular flexibility index (Phi) is 5.63. The Morgan fingerprint density at radius 2 is 2.00 bits per heavy atom. The highest BCUT2D eigenvalue weighted by atomic mass is 32.1. The molecule has 0 bridgehead atoms. The number of ether oxygens (including phenoxy) is 2. The smallest absolute Gasteiger partial charge is 0.224 e. The zero-order valence-corrected chi connectivity index (χ0v) is 13.0. The Morgan fingerprint density at radius 1 is 1.19 bits per heavy atom. The van der Waals surface area contributed by atoms with E-state index in [0.717, 1.165) is 12.0 Å². The lowest BCUT2D eigenvalue weighted by molar-refractivity contribution is -0.120. The molecule has 0 aliphatic carbocycles. The van der Waals surface area contributed by atoms with Gasteiger partial charge >= 0.3 is 0 Å². The van der Waals surface area contributed by atoms with Gasteiger partial charge in [-0.3, -0.25) is 4.79 Å². The first-order valence-corrected chi connectivity index (χ1v) is 7.61. The van der Waals surface area contributed by atoms with E-state index < -0.39 is 0 Å². The fraction of sp³-hybridized carbons (Fsp3) is 0.312. The number of methoxy groups -OCH3 is 2. The van der Waals surface area contributed by atoms with Crippen LogP contribution < -0.4 is 14.8 Å². The lowest BCUT2D eigenvalue weighted by atomic mass is 10.1. The fourth-order valence-corrected chi connectivity index (χ4v) is 2.73. The highest BCUT2D eigenvalue weighted by molar-refractivity contribution is 7.09. The molecular formula is C16H19NO3S. The molecule has 0 aliphatic heterocycles. The number of hydrogen-bond donors (Lipinski definition) is 1. The third-order valence-electron chi connectivity index (χ3n) is 3.09. The molecule has 21 heavy (non-hydrogen) atoms. The lowest BCUT2D eigenvalue weighted by Gasteiger charge is -2.09. The van der Waals surface area contributed by atoms with Gasteiger partial charge in [0.2, 0.25) is 5.91 Å². The molecule has 1 heterocycles. The van der Waals surface area contributed by atoms with E-state index in [1.54, 1.807) is 25.6 Å². The van der Waals surface area contributed by atoms with Crippen molar-refractivity contribution in [2.75, 3.05) is 20.8 Å². The van der Waals surface area contributed by atoms with Crippen LogP contribution in [0.2, 0.25) is 0 Å². The molecule has 112 valence electrons. The van der Waals surface area contributed by atoms with Crippen molar-refractivity contribution in [1.29, 1.82) is 0 Å². The number of benzene rings is 1. The van der Waals surface area contributed by atoms with Crippen LogP contribution in [0.15, 0.2) is 35.7 Å². The van der Waals surface area contributed by atoms with Gasteiger partial charge in [-0.1, -0.05) is 12.1 Å². The summed E-state index contributed by atoms with van der Waals surface area (Å²) >= 11 is 1.71. The predicted molar refractivity (Wildman–Crippen MR) is 84.3 cm³/mol. The summed E-state index contributed by atoms with van der Waals surface area (Å²) in [6, 6.07) is 9.61. The fourth-order valence-electron chi connectivity index (χ4n) is 2.02. The summed E-state index contributed by atoms with van der Waals surface area (Å²) in [7, 11) is 3.18. The van der Waals surface area contributed by atoms with E-state index in [1.807, 2.05) is 29.6 Å². The minimum Gasteiger partial charge on any atom is -0.493 e. The molecule has 2 aromatic rings. The number of carbonyl (C=O) groups is 1. The number of rotatable bonds is 7. The van der Waals surface area contributed by atoms with Gasteiger partial charge in [-0.25, -0.2) is 0 Å². The molecule has 0 unspecified atom stereocenters. The monoisotopic (exact) mass is 305 g/mol. The molecule has 0 atom stereocenters. The molecule has 0 radical (unpaired) electrons. The third-order valence-corrected chi connectivity index (χ3v) is 4.02. The van der Waals surface area contributed by atoms with E-state index in [9.17, 15) is 4.79 Å². The second-order valence-electron chi connectivity index (χ2n) is 4.55. The second kappa shape index (κ2) is 7.69. The molecule has 0 fully saturated rings. The van der Waals surface area contributed by atoms with E-state index in [4.69, 9.17) is 9.47 Å². The van der Waals surface area contributed by atoms with Gasteiger partial charge in [0.05, 0.1) is 20.6 Å². The molecule has 2 rings (SSSR count). The molecule has 0 spiro atoms. The maximum Gasteiger partial charge on any atom is 0.224 e. The molecule has 1 amide bonds. The van der Waals surface area contributed by atoms with E-state index in [0.29, 0.717) is 24.5 Å². The summed E-state index contributed by atoms with van der Waals surface area (Å²) in [5, 5.41) is 4.97. The van der Waals surface area contributed by atoms with E-state index in [-0.39, 0.29) is 5.91 Å². The zero-order valence-electron chi connectivity index (χ0n) is 12.2. The van der Waals surface area contributed by atoms with Crippen LogP contribution in [-0.4, -0.2) is 26.7 Å². The summed E-state index contributed by atoms with van der Waals surface area (Å²) in [5.41, 5.74) is 0.904. The van der Waals surface area contributed by atoms with Gasteiger partial charge in [-0.15, -0.1) is 11.3 Å². The number of thiophene rings is 1. The normalized spacial score (nSPS) is 10.2. The van der Waals surface area contributed by atoms with Crippen LogP contribution in [0, 0.1) is 0 Å². The molecular weight excluding hydrogens is 286 g/mol. The standard InChI is InChI=1S/C16H19NO3S/c1-19-14-6-5-12(10-15(14)20-2)11-16(18)17-8-7-13-4-3-9-21-13/h3-6,9-10H,7-8,11H2,1-2H3,(H,17,18). The zero-order chi connectivity index (χ0) is 15.1. The summed E-state index contributed by atoms with van der Waals surface area (Å²) < 4.78 is 10.4. The first-order chi connectivity index (χ1) is 10.2. The molecule has 5 heteroatoms. The van der Waals surface area contributed by atoms with Crippen molar-refractivity contribution in [1.82, 2.24) is 5.32 Å². The number of carbonyl (C=O) groups excluding carboxylic acids is 1. The Balaban J connectivity index is 1.84. The van der Waals surface area contributed by atoms with Crippen LogP contribution in [0.25, 0.3) is 0 Å². The van der Waals surface area contributed by atoms with Gasteiger partial charge in [0.1, 0.15) is 0 Å². The Morgan fingerprint density at radius 3 is 2.67 bits per heavy atom. The van der Waals surface area contributed by atoms with Crippen molar-refractivity contribution in [2.45, 2.75) is 12.8 Å². The summed E-state index contributed by atoms with van der Waals surface area (Å²) in [6.45, 7) is 0.659. The lowest BCUT2D eigenvalue weighted by Crippen LogP contribution is -2.27. The molecule has 1 aromatic heterocycles. The van der Waals surface area contributed by atoms with Gasteiger partial charge in [0.25, 0.3) is 0 Å². The maximum absolute atomic E-state index is 11.9. The number of hydrogen-bond acceptors (Lipinski definition) is 4. The van der Waals surface area contributed by atoms with Gasteiger partial charge in [-0.2, -0.15) is 0 Å². The maximum atomic E-state index is 11.9. The van der Waals surface area contributed by atoms with Crippen molar-refractivity contribution in [2.24, 2.45) is 0 Å². The van der Waals surface area contributed by atoms with Crippen LogP contribution in [0.1, 0.15) is 10.4 Å². The molecule has 4 nitrogen and oxygen atoms in total. The average Bonchev–Trinajstić information content (AvgIpc) is 3.00. The number of nitrogens with one attached hydrogen (secondary N) is 1. The first kappa shape index (κ1) is 15.4. The summed E-state index contributed by atoms with van der Waals surface area (Å²) in [6.07, 6.45) is 1.21. The summed E-state index contributed by atoms with van der Waals surface area (Å²) in [4.78, 5) is 13.2. The second-order valence-corrected chi connectivity index (χ2v) is 5.58. The van der Waals surface area contributed by atoms with Crippen LogP contribution in [-0.2, 0) is 17.6 Å². The molecule has 1 N–H and O–H groups in total. The number of amides is 1. The van der Waals surface area contributed by atoms with E-state index in [2.05, 4.69) is 11.4 Å². The molecule has 0 aliphatic rings. The highest BCUT2D eigenvalue weighted by Crippen LogP contribution is 2.27. The minimum atomic E-state index is 0.0128. The van der Waals surface area contributed by atoms with E-state index >= 15 is 0 Å². The quantitative estimate of drug-likeness (QED) is 0.855. The highest BCUT2D eigenvalue weighted by Gasteiger charge is 2.08. The van der Waals surface area contributed by atoms with Gasteiger partial charge in [-0.05, 0) is 35.6 Å². The van der Waals surface area contributed by atoms with Gasteiger partial charge < -0.3 is 14.8 Å². The van der Waals surface area contributed by atoms with Crippen molar-refractivity contribution in [3.63, 3.8) is 0 Å². The molecule has 0 saturated heterocycles. The van der Waals surface area contributed by atoms with E-state index in [1.165, 1.54) is 4.88 Å². The SMILES string of the molecule is COc1ccc(CC(=O)NCCc2cccs2)cc1OC. The van der Waals surface area contributed by atoms with Crippen LogP contribution in [0.5, 0.6) is 11.5 Å². The van der Waals surface area contributed by atoms with Crippen LogP contribution in [0.4, 0.5) is 0 Å². The Bertz CT molecular complexity index is 581. The van der Waals surface area contributed by atoms with Crippen molar-refractivity contribution in [3.8, 4) is 11.5 Å². The van der Waals surface area contributed by atoms with Gasteiger partial charge in [0, 0.05) is 11.4 Å². The summed E-state index contributed by atoms with van der Waals surface area (Å²) in [5.74, 6) is 1.32. The predicted octanol–water partition coefficient (Wildman–Crippen LogP) is 2.67. The van der Waals surface area contributed by atoms with Crippen LogP contribution >= 0.6 is 11.3 Å². The Labute approximate surface area is 128 Å². The average molecular weight is 305 g/mol. The topological polar surface area (TPSA) is 47.6 Å².